The molecule has 0 saturated heterocycles. The first-order valence-electron chi connectivity index (χ1n) is 6.80. The van der Waals surface area contributed by atoms with E-state index in [-0.39, 0.29) is 18.4 Å². The number of hydrogen-bond donors (Lipinski definition) is 3. The average Bonchev–Trinajstić information content (AvgIpc) is 2.44. The van der Waals surface area contributed by atoms with Gasteiger partial charge in [0.05, 0.1) is 6.07 Å². The van der Waals surface area contributed by atoms with Gasteiger partial charge in [-0.15, -0.1) is 0 Å². The van der Waals surface area contributed by atoms with E-state index in [4.69, 9.17) is 5.26 Å². The van der Waals surface area contributed by atoms with Crippen LogP contribution in [0.15, 0.2) is 30.3 Å². The summed E-state index contributed by atoms with van der Waals surface area (Å²) in [7, 11) is 0. The maximum atomic E-state index is 11.9. The molecular weight excluding hydrogens is 268 g/mol. The van der Waals surface area contributed by atoms with Gasteiger partial charge in [0.2, 0.25) is 5.91 Å². The highest BCUT2D eigenvalue weighted by Crippen LogP contribution is 2.07. The number of anilines is 1. The zero-order chi connectivity index (χ0) is 15.7. The molecule has 3 N–H and O–H groups in total. The van der Waals surface area contributed by atoms with Crippen LogP contribution in [-0.2, 0) is 4.79 Å². The van der Waals surface area contributed by atoms with Crippen LogP contribution < -0.4 is 16.0 Å². The summed E-state index contributed by atoms with van der Waals surface area (Å²) < 4.78 is 0. The fourth-order valence-electron chi connectivity index (χ4n) is 1.80. The molecule has 3 amide bonds. The second-order valence-electron chi connectivity index (χ2n) is 5.02. The minimum absolute atomic E-state index is 0.0740. The molecule has 1 aromatic rings. The number of benzene rings is 1. The van der Waals surface area contributed by atoms with Crippen molar-refractivity contribution in [1.29, 1.82) is 5.26 Å². The summed E-state index contributed by atoms with van der Waals surface area (Å²) in [5.41, 5.74) is 0.649. The largest absolute Gasteiger partial charge is 0.341 e. The van der Waals surface area contributed by atoms with E-state index in [2.05, 4.69) is 16.0 Å². The number of amides is 3. The van der Waals surface area contributed by atoms with Gasteiger partial charge in [0.15, 0.2) is 0 Å². The normalized spacial score (nSPS) is 11.3. The van der Waals surface area contributed by atoms with E-state index in [0.29, 0.717) is 12.1 Å². The maximum absolute atomic E-state index is 11.9. The Morgan fingerprint density at radius 3 is 2.48 bits per heavy atom. The molecule has 0 heterocycles. The molecule has 0 radical (unpaired) electrons. The zero-order valence-electron chi connectivity index (χ0n) is 12.2. The number of para-hydroxylation sites is 1. The number of carbonyl (C=O) groups excluding carboxylic acids is 2. The summed E-state index contributed by atoms with van der Waals surface area (Å²) in [5, 5.41) is 16.3. The molecule has 0 bridgehead atoms. The van der Waals surface area contributed by atoms with Crippen LogP contribution in [0.5, 0.6) is 0 Å². The van der Waals surface area contributed by atoms with Gasteiger partial charge in [0.25, 0.3) is 0 Å². The van der Waals surface area contributed by atoms with Crippen molar-refractivity contribution in [2.24, 2.45) is 5.92 Å². The number of urea groups is 1. The Morgan fingerprint density at radius 1 is 1.24 bits per heavy atom. The molecule has 1 aromatic carbocycles. The van der Waals surface area contributed by atoms with Gasteiger partial charge in [0, 0.05) is 5.69 Å². The van der Waals surface area contributed by atoms with E-state index in [1.165, 1.54) is 0 Å². The van der Waals surface area contributed by atoms with Crippen LogP contribution in [0.4, 0.5) is 10.5 Å². The van der Waals surface area contributed by atoms with Crippen LogP contribution in [0.1, 0.15) is 20.3 Å². The Bertz CT molecular complexity index is 508. The summed E-state index contributed by atoms with van der Waals surface area (Å²) in [6.45, 7) is 3.85. The van der Waals surface area contributed by atoms with Gasteiger partial charge in [0.1, 0.15) is 12.6 Å². The smallest absolute Gasteiger partial charge is 0.319 e. The van der Waals surface area contributed by atoms with Crippen molar-refractivity contribution in [3.05, 3.63) is 30.3 Å². The van der Waals surface area contributed by atoms with Crippen molar-refractivity contribution >= 4 is 17.6 Å². The van der Waals surface area contributed by atoms with Gasteiger partial charge in [-0.1, -0.05) is 32.0 Å². The van der Waals surface area contributed by atoms with Crippen LogP contribution in [0.3, 0.4) is 0 Å². The highest BCUT2D eigenvalue weighted by molar-refractivity contribution is 5.93. The van der Waals surface area contributed by atoms with Gasteiger partial charge in [-0.05, 0) is 24.5 Å². The minimum Gasteiger partial charge on any atom is -0.341 e. The molecule has 0 aliphatic heterocycles. The molecule has 0 saturated carbocycles. The third kappa shape index (κ3) is 6.43. The average molecular weight is 288 g/mol. The molecule has 1 atom stereocenters. The lowest BCUT2D eigenvalue weighted by Gasteiger charge is -2.19. The fourth-order valence-corrected chi connectivity index (χ4v) is 1.80. The molecule has 21 heavy (non-hydrogen) atoms. The molecule has 0 fully saturated rings. The van der Waals surface area contributed by atoms with Crippen molar-refractivity contribution < 1.29 is 9.59 Å². The van der Waals surface area contributed by atoms with E-state index >= 15 is 0 Å². The van der Waals surface area contributed by atoms with E-state index < -0.39 is 12.1 Å². The SMILES string of the molecule is CC(C)CC(NC(=O)Nc1ccccc1)C(=O)NCC#N. The standard InChI is InChI=1S/C15H20N4O2/c1-11(2)10-13(14(20)17-9-8-16)19-15(21)18-12-6-4-3-5-7-12/h3-7,11,13H,9-10H2,1-2H3,(H,17,20)(H2,18,19,21). The molecule has 1 rings (SSSR count). The lowest BCUT2D eigenvalue weighted by Crippen LogP contribution is -2.48. The van der Waals surface area contributed by atoms with Gasteiger partial charge < -0.3 is 16.0 Å². The summed E-state index contributed by atoms with van der Waals surface area (Å²) in [4.78, 5) is 23.8. The number of nitrogens with one attached hydrogen (secondary N) is 3. The maximum Gasteiger partial charge on any atom is 0.319 e. The van der Waals surface area contributed by atoms with E-state index in [9.17, 15) is 9.59 Å². The third-order valence-corrected chi connectivity index (χ3v) is 2.70. The Labute approximate surface area is 124 Å². The van der Waals surface area contributed by atoms with E-state index in [0.717, 1.165) is 0 Å². The monoisotopic (exact) mass is 288 g/mol. The number of carbonyl (C=O) groups is 2. The Morgan fingerprint density at radius 2 is 1.90 bits per heavy atom. The second-order valence-corrected chi connectivity index (χ2v) is 5.02. The predicted molar refractivity (Wildman–Crippen MR) is 80.5 cm³/mol. The second kappa shape index (κ2) is 8.59. The van der Waals surface area contributed by atoms with Crippen LogP contribution in [0.2, 0.25) is 0 Å². The molecule has 1 unspecified atom stereocenters. The zero-order valence-corrected chi connectivity index (χ0v) is 12.2. The topological polar surface area (TPSA) is 94.0 Å². The van der Waals surface area contributed by atoms with Crippen molar-refractivity contribution in [2.45, 2.75) is 26.3 Å². The van der Waals surface area contributed by atoms with Crippen molar-refractivity contribution in [3.8, 4) is 6.07 Å². The summed E-state index contributed by atoms with van der Waals surface area (Å²) in [6.07, 6.45) is 0.499. The number of rotatable bonds is 6. The van der Waals surface area contributed by atoms with E-state index in [1.54, 1.807) is 24.3 Å². The first-order valence-corrected chi connectivity index (χ1v) is 6.80. The fraction of sp³-hybridized carbons (Fsp3) is 0.400. The summed E-state index contributed by atoms with van der Waals surface area (Å²) >= 11 is 0. The minimum atomic E-state index is -0.665. The van der Waals surface area contributed by atoms with Crippen molar-refractivity contribution in [3.63, 3.8) is 0 Å². The van der Waals surface area contributed by atoms with Gasteiger partial charge >= 0.3 is 6.03 Å². The molecule has 0 aliphatic carbocycles. The van der Waals surface area contributed by atoms with Gasteiger partial charge in [-0.25, -0.2) is 4.79 Å². The van der Waals surface area contributed by atoms with Gasteiger partial charge in [-0.3, -0.25) is 4.79 Å². The molecule has 112 valence electrons. The lowest BCUT2D eigenvalue weighted by atomic mass is 10.0. The lowest BCUT2D eigenvalue weighted by molar-refractivity contribution is -0.123. The molecule has 0 aromatic heterocycles. The highest BCUT2D eigenvalue weighted by Gasteiger charge is 2.21. The van der Waals surface area contributed by atoms with Crippen LogP contribution >= 0.6 is 0 Å². The van der Waals surface area contributed by atoms with E-state index in [1.807, 2.05) is 26.0 Å². The number of nitriles is 1. The van der Waals surface area contributed by atoms with Crippen molar-refractivity contribution in [1.82, 2.24) is 10.6 Å². The first kappa shape index (κ1) is 16.5. The molecule has 6 nitrogen and oxygen atoms in total. The third-order valence-electron chi connectivity index (χ3n) is 2.70. The Kier molecular flexibility index (Phi) is 6.75. The molecule has 0 aliphatic rings. The van der Waals surface area contributed by atoms with Crippen LogP contribution in [0, 0.1) is 17.2 Å². The quantitative estimate of drug-likeness (QED) is 0.697. The molecular formula is C15H20N4O2. The molecule has 0 spiro atoms. The Hall–Kier alpha value is -2.55. The highest BCUT2D eigenvalue weighted by atomic mass is 16.2. The summed E-state index contributed by atoms with van der Waals surface area (Å²) in [6, 6.07) is 9.70. The molecule has 6 heteroatoms. The predicted octanol–water partition coefficient (Wildman–Crippen LogP) is 1.86. The number of nitrogens with zero attached hydrogens (tertiary/aromatic N) is 1. The van der Waals surface area contributed by atoms with Gasteiger partial charge in [-0.2, -0.15) is 5.26 Å². The Balaban J connectivity index is 2.61. The van der Waals surface area contributed by atoms with Crippen LogP contribution in [-0.4, -0.2) is 24.5 Å². The van der Waals surface area contributed by atoms with Crippen molar-refractivity contribution in [2.75, 3.05) is 11.9 Å². The summed E-state index contributed by atoms with van der Waals surface area (Å²) in [5.74, 6) is -0.117. The first-order chi connectivity index (χ1) is 10.0. The number of hydrogen-bond acceptors (Lipinski definition) is 3. The van der Waals surface area contributed by atoms with Crippen LogP contribution in [0.25, 0.3) is 0 Å².